The predicted octanol–water partition coefficient (Wildman–Crippen LogP) is -0.387. The van der Waals surface area contributed by atoms with Crippen molar-refractivity contribution in [1.29, 1.82) is 0 Å². The van der Waals surface area contributed by atoms with Crippen LogP contribution in [-0.4, -0.2) is 29.0 Å². The number of aliphatic imine (C=N–C) groups is 1. The van der Waals surface area contributed by atoms with Crippen molar-refractivity contribution >= 4 is 23.1 Å². The second kappa shape index (κ2) is 2.84. The third-order valence-electron chi connectivity index (χ3n) is 0.801. The lowest BCUT2D eigenvalue weighted by atomic mass is 10.6. The number of hydrogen-bond acceptors (Lipinski definition) is 5. The Kier molecular flexibility index (Phi) is 2.07. The first-order valence-corrected chi connectivity index (χ1v) is 3.65. The molecule has 50 valence electrons. The Morgan fingerprint density at radius 2 is 2.67 bits per heavy atom. The molecule has 0 amide bonds. The number of hydrazone groups is 1. The number of nitrogens with one attached hydrogen (secondary N) is 1. The minimum atomic E-state index is -0.721. The predicted molar refractivity (Wildman–Crippen MR) is 38.6 cm³/mol. The molecular weight excluding hydrogens is 138 g/mol. The van der Waals surface area contributed by atoms with Gasteiger partial charge in [-0.2, -0.15) is 5.10 Å². The maximum atomic E-state index is 8.75. The summed E-state index contributed by atoms with van der Waals surface area (Å²) in [6.07, 6.45) is 2.55. The van der Waals surface area contributed by atoms with Gasteiger partial charge in [0.05, 0.1) is 6.21 Å². The minimum Gasteiger partial charge on any atom is -0.367 e. The topological polar surface area (TPSA) is 57.0 Å². The number of thioether (sulfide) groups is 1. The second-order valence-corrected chi connectivity index (χ2v) is 2.22. The minimum absolute atomic E-state index is 0.639. The molecule has 5 heteroatoms. The SMILES string of the molecule is CSC1=NNC(O)C=N1. The van der Waals surface area contributed by atoms with E-state index in [2.05, 4.69) is 15.5 Å². The van der Waals surface area contributed by atoms with Gasteiger partial charge in [-0.05, 0) is 6.26 Å². The van der Waals surface area contributed by atoms with E-state index < -0.39 is 6.23 Å². The van der Waals surface area contributed by atoms with Crippen LogP contribution in [0.15, 0.2) is 10.1 Å². The summed E-state index contributed by atoms with van der Waals surface area (Å²) < 4.78 is 0. The maximum absolute atomic E-state index is 8.75. The number of rotatable bonds is 0. The van der Waals surface area contributed by atoms with Crippen LogP contribution in [0.2, 0.25) is 0 Å². The Labute approximate surface area is 57.1 Å². The van der Waals surface area contributed by atoms with Gasteiger partial charge in [-0.15, -0.1) is 0 Å². The molecule has 0 bridgehead atoms. The lowest BCUT2D eigenvalue weighted by Gasteiger charge is -2.08. The average Bonchev–Trinajstić information content (AvgIpc) is 1.90. The van der Waals surface area contributed by atoms with Crippen molar-refractivity contribution in [2.75, 3.05) is 6.26 Å². The fraction of sp³-hybridized carbons (Fsp3) is 0.500. The molecule has 1 aliphatic heterocycles. The molecule has 1 unspecified atom stereocenters. The fourth-order valence-electron chi connectivity index (χ4n) is 0.416. The van der Waals surface area contributed by atoms with Crippen molar-refractivity contribution in [1.82, 2.24) is 5.43 Å². The molecule has 1 aliphatic rings. The van der Waals surface area contributed by atoms with Crippen LogP contribution in [0.3, 0.4) is 0 Å². The van der Waals surface area contributed by atoms with Crippen LogP contribution in [-0.2, 0) is 0 Å². The summed E-state index contributed by atoms with van der Waals surface area (Å²) in [5.41, 5.74) is 2.46. The van der Waals surface area contributed by atoms with Gasteiger partial charge in [-0.25, -0.2) is 4.99 Å². The van der Waals surface area contributed by atoms with Gasteiger partial charge in [0, 0.05) is 0 Å². The third kappa shape index (κ3) is 1.69. The molecular formula is C4H7N3OS. The molecule has 0 spiro atoms. The lowest BCUT2D eigenvalue weighted by molar-refractivity contribution is 0.209. The number of aliphatic hydroxyl groups excluding tert-OH is 1. The molecule has 0 fully saturated rings. The van der Waals surface area contributed by atoms with Gasteiger partial charge in [-0.3, -0.25) is 5.43 Å². The molecule has 9 heavy (non-hydrogen) atoms. The summed E-state index contributed by atoms with van der Waals surface area (Å²) in [4.78, 5) is 3.80. The highest BCUT2D eigenvalue weighted by atomic mass is 32.2. The standard InChI is InChI=1S/C4H7N3OS/c1-9-4-5-2-3(8)6-7-4/h2-3,6,8H,1H3. The summed E-state index contributed by atoms with van der Waals surface area (Å²) in [5, 5.41) is 13.1. The summed E-state index contributed by atoms with van der Waals surface area (Å²) in [5.74, 6) is 0. The van der Waals surface area contributed by atoms with Crippen LogP contribution in [0, 0.1) is 0 Å². The molecule has 0 radical (unpaired) electrons. The number of nitrogens with zero attached hydrogens (tertiary/aromatic N) is 2. The summed E-state index contributed by atoms with van der Waals surface area (Å²) in [7, 11) is 0. The first-order valence-electron chi connectivity index (χ1n) is 2.42. The van der Waals surface area contributed by atoms with E-state index in [1.807, 2.05) is 6.26 Å². The monoisotopic (exact) mass is 145 g/mol. The van der Waals surface area contributed by atoms with Crippen molar-refractivity contribution in [3.8, 4) is 0 Å². The van der Waals surface area contributed by atoms with Crippen LogP contribution >= 0.6 is 11.8 Å². The van der Waals surface area contributed by atoms with Gasteiger partial charge in [-0.1, -0.05) is 11.8 Å². The van der Waals surface area contributed by atoms with E-state index in [4.69, 9.17) is 5.11 Å². The summed E-state index contributed by atoms with van der Waals surface area (Å²) in [6, 6.07) is 0. The van der Waals surface area contributed by atoms with E-state index in [9.17, 15) is 0 Å². The number of hydrogen-bond donors (Lipinski definition) is 2. The molecule has 0 saturated carbocycles. The molecule has 0 aromatic carbocycles. The highest BCUT2D eigenvalue weighted by molar-refractivity contribution is 8.13. The zero-order chi connectivity index (χ0) is 6.69. The van der Waals surface area contributed by atoms with Crippen LogP contribution in [0.25, 0.3) is 0 Å². The van der Waals surface area contributed by atoms with Crippen LogP contribution in [0.5, 0.6) is 0 Å². The fourth-order valence-corrected chi connectivity index (χ4v) is 0.727. The van der Waals surface area contributed by atoms with E-state index in [0.29, 0.717) is 5.17 Å². The lowest BCUT2D eigenvalue weighted by Crippen LogP contribution is -2.29. The van der Waals surface area contributed by atoms with Crippen molar-refractivity contribution < 1.29 is 5.11 Å². The zero-order valence-electron chi connectivity index (χ0n) is 4.90. The van der Waals surface area contributed by atoms with E-state index in [0.717, 1.165) is 0 Å². The number of amidine groups is 1. The zero-order valence-corrected chi connectivity index (χ0v) is 5.72. The molecule has 1 rings (SSSR count). The highest BCUT2D eigenvalue weighted by Gasteiger charge is 2.03. The Bertz CT molecular complexity index is 156. The van der Waals surface area contributed by atoms with Crippen molar-refractivity contribution in [2.24, 2.45) is 10.1 Å². The normalized spacial score (nSPS) is 25.1. The maximum Gasteiger partial charge on any atom is 0.205 e. The molecule has 2 N–H and O–H groups in total. The first-order chi connectivity index (χ1) is 4.33. The van der Waals surface area contributed by atoms with E-state index in [-0.39, 0.29) is 0 Å². The average molecular weight is 145 g/mol. The van der Waals surface area contributed by atoms with Gasteiger partial charge in [0.25, 0.3) is 0 Å². The molecule has 0 aromatic heterocycles. The Morgan fingerprint density at radius 3 is 3.11 bits per heavy atom. The first kappa shape index (κ1) is 6.57. The van der Waals surface area contributed by atoms with Crippen LogP contribution in [0.4, 0.5) is 0 Å². The highest BCUT2D eigenvalue weighted by Crippen LogP contribution is 2.00. The van der Waals surface area contributed by atoms with E-state index in [1.54, 1.807) is 0 Å². The Morgan fingerprint density at radius 1 is 1.89 bits per heavy atom. The van der Waals surface area contributed by atoms with Gasteiger partial charge in [0.2, 0.25) is 5.17 Å². The van der Waals surface area contributed by atoms with E-state index in [1.165, 1.54) is 18.0 Å². The van der Waals surface area contributed by atoms with Crippen molar-refractivity contribution in [3.63, 3.8) is 0 Å². The molecule has 1 heterocycles. The Hall–Kier alpha value is -0.550. The largest absolute Gasteiger partial charge is 0.367 e. The smallest absolute Gasteiger partial charge is 0.205 e. The quantitative estimate of drug-likeness (QED) is 0.488. The summed E-state index contributed by atoms with van der Waals surface area (Å²) in [6.45, 7) is 0. The van der Waals surface area contributed by atoms with Crippen molar-refractivity contribution in [2.45, 2.75) is 6.23 Å². The summed E-state index contributed by atoms with van der Waals surface area (Å²) >= 11 is 1.43. The van der Waals surface area contributed by atoms with Gasteiger partial charge < -0.3 is 5.11 Å². The molecule has 0 saturated heterocycles. The van der Waals surface area contributed by atoms with Gasteiger partial charge in [0.15, 0.2) is 6.23 Å². The molecule has 0 aromatic rings. The molecule has 4 nitrogen and oxygen atoms in total. The van der Waals surface area contributed by atoms with Gasteiger partial charge >= 0.3 is 0 Å². The molecule has 0 aliphatic carbocycles. The van der Waals surface area contributed by atoms with E-state index >= 15 is 0 Å². The Balaban J connectivity index is 2.52. The van der Waals surface area contributed by atoms with Crippen LogP contribution in [0.1, 0.15) is 0 Å². The van der Waals surface area contributed by atoms with Gasteiger partial charge in [0.1, 0.15) is 0 Å². The third-order valence-corrected chi connectivity index (χ3v) is 1.36. The van der Waals surface area contributed by atoms with Crippen LogP contribution < -0.4 is 5.43 Å². The second-order valence-electron chi connectivity index (χ2n) is 1.45. The number of aliphatic hydroxyl groups is 1. The molecule has 1 atom stereocenters. The van der Waals surface area contributed by atoms with Crippen molar-refractivity contribution in [3.05, 3.63) is 0 Å².